The van der Waals surface area contributed by atoms with Gasteiger partial charge in [0, 0.05) is 37.9 Å². The van der Waals surface area contributed by atoms with Crippen LogP contribution in [0.1, 0.15) is 22.3 Å². The summed E-state index contributed by atoms with van der Waals surface area (Å²) in [5, 5.41) is 8.87. The number of nitrogens with zero attached hydrogens (tertiary/aromatic N) is 5. The van der Waals surface area contributed by atoms with Crippen LogP contribution in [0.15, 0.2) is 47.0 Å². The van der Waals surface area contributed by atoms with Gasteiger partial charge in [-0.2, -0.15) is 10.2 Å². The SMILES string of the molecule is N#Cc1ccc(C(=O)N2CCCN(c3nc4ncccc4o3)CC2)cc1. The van der Waals surface area contributed by atoms with Crippen LogP contribution in [0.5, 0.6) is 0 Å². The third-order valence-corrected chi connectivity index (χ3v) is 4.47. The summed E-state index contributed by atoms with van der Waals surface area (Å²) in [7, 11) is 0. The van der Waals surface area contributed by atoms with Gasteiger partial charge in [0.15, 0.2) is 5.58 Å². The maximum atomic E-state index is 12.7. The first kappa shape index (κ1) is 16.1. The Labute approximate surface area is 150 Å². The fraction of sp³-hybridized carbons (Fsp3) is 0.263. The van der Waals surface area contributed by atoms with Gasteiger partial charge in [-0.1, -0.05) is 0 Å². The van der Waals surface area contributed by atoms with Gasteiger partial charge in [0.05, 0.1) is 11.6 Å². The van der Waals surface area contributed by atoms with E-state index in [0.717, 1.165) is 13.0 Å². The minimum absolute atomic E-state index is 0.0180. The van der Waals surface area contributed by atoms with Gasteiger partial charge >= 0.3 is 0 Å². The molecule has 0 radical (unpaired) electrons. The van der Waals surface area contributed by atoms with Crippen molar-refractivity contribution in [1.29, 1.82) is 5.26 Å². The number of anilines is 1. The number of oxazole rings is 1. The van der Waals surface area contributed by atoms with E-state index in [0.29, 0.717) is 48.0 Å². The number of hydrogen-bond donors (Lipinski definition) is 0. The Morgan fingerprint density at radius 3 is 2.73 bits per heavy atom. The minimum Gasteiger partial charge on any atom is -0.422 e. The summed E-state index contributed by atoms with van der Waals surface area (Å²) < 4.78 is 5.79. The molecule has 7 heteroatoms. The second-order valence-electron chi connectivity index (χ2n) is 6.14. The Morgan fingerprint density at radius 2 is 1.96 bits per heavy atom. The van der Waals surface area contributed by atoms with Crippen LogP contribution in [0, 0.1) is 11.3 Å². The van der Waals surface area contributed by atoms with Crippen molar-refractivity contribution in [2.75, 3.05) is 31.1 Å². The van der Waals surface area contributed by atoms with Crippen LogP contribution in [0.2, 0.25) is 0 Å². The number of carbonyl (C=O) groups excluding carboxylic acids is 1. The monoisotopic (exact) mass is 347 g/mol. The van der Waals surface area contributed by atoms with E-state index in [1.807, 2.05) is 21.9 Å². The maximum Gasteiger partial charge on any atom is 0.300 e. The lowest BCUT2D eigenvalue weighted by Crippen LogP contribution is -2.35. The van der Waals surface area contributed by atoms with Gasteiger partial charge in [0.2, 0.25) is 5.65 Å². The third-order valence-electron chi connectivity index (χ3n) is 4.47. The van der Waals surface area contributed by atoms with Gasteiger partial charge in [-0.05, 0) is 42.8 Å². The molecule has 0 spiro atoms. The van der Waals surface area contributed by atoms with Crippen molar-refractivity contribution >= 4 is 23.2 Å². The molecule has 1 aliphatic heterocycles. The second kappa shape index (κ2) is 6.84. The number of benzene rings is 1. The highest BCUT2D eigenvalue weighted by molar-refractivity contribution is 5.94. The molecule has 0 aliphatic carbocycles. The van der Waals surface area contributed by atoms with Gasteiger partial charge in [-0.3, -0.25) is 4.79 Å². The Morgan fingerprint density at radius 1 is 1.12 bits per heavy atom. The largest absolute Gasteiger partial charge is 0.422 e. The molecular weight excluding hydrogens is 330 g/mol. The van der Waals surface area contributed by atoms with Crippen molar-refractivity contribution in [1.82, 2.24) is 14.9 Å². The van der Waals surface area contributed by atoms with E-state index in [2.05, 4.69) is 16.0 Å². The first-order chi connectivity index (χ1) is 12.7. The molecule has 0 atom stereocenters. The number of amides is 1. The summed E-state index contributed by atoms with van der Waals surface area (Å²) >= 11 is 0. The maximum absolute atomic E-state index is 12.7. The fourth-order valence-corrected chi connectivity index (χ4v) is 3.07. The van der Waals surface area contributed by atoms with E-state index in [-0.39, 0.29) is 5.91 Å². The zero-order valence-corrected chi connectivity index (χ0v) is 14.1. The molecule has 0 N–H and O–H groups in total. The Hall–Kier alpha value is -3.40. The molecule has 0 saturated carbocycles. The molecular formula is C19H17N5O2. The average Bonchev–Trinajstić information content (AvgIpc) is 2.97. The highest BCUT2D eigenvalue weighted by atomic mass is 16.4. The van der Waals surface area contributed by atoms with Crippen LogP contribution in [-0.2, 0) is 0 Å². The van der Waals surface area contributed by atoms with Crippen LogP contribution in [-0.4, -0.2) is 47.0 Å². The van der Waals surface area contributed by atoms with Crippen molar-refractivity contribution < 1.29 is 9.21 Å². The highest BCUT2D eigenvalue weighted by Crippen LogP contribution is 2.21. The molecule has 1 amide bonds. The molecule has 1 aromatic carbocycles. The van der Waals surface area contributed by atoms with E-state index >= 15 is 0 Å². The topological polar surface area (TPSA) is 86.3 Å². The van der Waals surface area contributed by atoms with Crippen LogP contribution in [0.4, 0.5) is 6.01 Å². The van der Waals surface area contributed by atoms with E-state index in [9.17, 15) is 4.79 Å². The lowest BCUT2D eigenvalue weighted by molar-refractivity contribution is 0.0767. The number of carbonyl (C=O) groups is 1. The molecule has 1 aliphatic rings. The standard InChI is InChI=1S/C19H17N5O2/c20-13-14-4-6-15(7-5-14)18(25)23-9-2-10-24(12-11-23)19-22-17-16(26-19)3-1-8-21-17/h1,3-8H,2,9-12H2. The summed E-state index contributed by atoms with van der Waals surface area (Å²) in [6.45, 7) is 2.68. The minimum atomic E-state index is -0.0180. The Bertz CT molecular complexity index is 941. The van der Waals surface area contributed by atoms with Crippen molar-refractivity contribution in [2.45, 2.75) is 6.42 Å². The molecule has 1 fully saturated rings. The second-order valence-corrected chi connectivity index (χ2v) is 6.14. The molecule has 1 saturated heterocycles. The number of aromatic nitrogens is 2. The number of rotatable bonds is 2. The molecule has 0 unspecified atom stereocenters. The predicted octanol–water partition coefficient (Wildman–Crippen LogP) is 2.45. The van der Waals surface area contributed by atoms with Gasteiger partial charge < -0.3 is 14.2 Å². The van der Waals surface area contributed by atoms with E-state index in [1.165, 1.54) is 0 Å². The summed E-state index contributed by atoms with van der Waals surface area (Å²) in [5.74, 6) is -0.0180. The van der Waals surface area contributed by atoms with Crippen molar-refractivity contribution in [3.05, 3.63) is 53.7 Å². The zero-order valence-electron chi connectivity index (χ0n) is 14.1. The average molecular weight is 347 g/mol. The van der Waals surface area contributed by atoms with Gasteiger partial charge in [-0.25, -0.2) is 4.98 Å². The molecule has 3 heterocycles. The number of fused-ring (bicyclic) bond motifs is 1. The number of nitriles is 1. The normalized spacial score (nSPS) is 14.9. The van der Waals surface area contributed by atoms with Crippen LogP contribution in [0.25, 0.3) is 11.2 Å². The van der Waals surface area contributed by atoms with Gasteiger partial charge in [0.25, 0.3) is 11.9 Å². The molecule has 26 heavy (non-hydrogen) atoms. The van der Waals surface area contributed by atoms with E-state index < -0.39 is 0 Å². The molecule has 2 aromatic heterocycles. The summed E-state index contributed by atoms with van der Waals surface area (Å²) in [6, 6.07) is 13.0. The summed E-state index contributed by atoms with van der Waals surface area (Å²) in [6.07, 6.45) is 2.52. The van der Waals surface area contributed by atoms with Crippen LogP contribution >= 0.6 is 0 Å². The van der Waals surface area contributed by atoms with E-state index in [1.54, 1.807) is 30.5 Å². The predicted molar refractivity (Wildman–Crippen MR) is 95.7 cm³/mol. The zero-order chi connectivity index (χ0) is 17.9. The molecule has 7 nitrogen and oxygen atoms in total. The quantitative estimate of drug-likeness (QED) is 0.708. The first-order valence-electron chi connectivity index (χ1n) is 8.50. The smallest absolute Gasteiger partial charge is 0.300 e. The highest BCUT2D eigenvalue weighted by Gasteiger charge is 2.23. The number of hydrogen-bond acceptors (Lipinski definition) is 6. The van der Waals surface area contributed by atoms with Crippen LogP contribution in [0.3, 0.4) is 0 Å². The molecule has 130 valence electrons. The molecule has 3 aromatic rings. The number of pyridine rings is 1. The molecule has 0 bridgehead atoms. The van der Waals surface area contributed by atoms with Crippen molar-refractivity contribution in [2.24, 2.45) is 0 Å². The van der Waals surface area contributed by atoms with Gasteiger partial charge in [-0.15, -0.1) is 0 Å². The fourth-order valence-electron chi connectivity index (χ4n) is 3.07. The summed E-state index contributed by atoms with van der Waals surface area (Å²) in [4.78, 5) is 25.2. The molecule has 4 rings (SSSR count). The lowest BCUT2D eigenvalue weighted by atomic mass is 10.1. The first-order valence-corrected chi connectivity index (χ1v) is 8.50. The van der Waals surface area contributed by atoms with Crippen molar-refractivity contribution in [3.63, 3.8) is 0 Å². The Balaban J connectivity index is 1.47. The van der Waals surface area contributed by atoms with Crippen molar-refractivity contribution in [3.8, 4) is 6.07 Å². The van der Waals surface area contributed by atoms with Crippen LogP contribution < -0.4 is 4.90 Å². The lowest BCUT2D eigenvalue weighted by Gasteiger charge is -2.21. The Kier molecular flexibility index (Phi) is 4.23. The van der Waals surface area contributed by atoms with E-state index in [4.69, 9.17) is 9.68 Å². The third kappa shape index (κ3) is 3.09. The van der Waals surface area contributed by atoms with Gasteiger partial charge in [0.1, 0.15) is 0 Å². The summed E-state index contributed by atoms with van der Waals surface area (Å²) in [5.41, 5.74) is 2.41.